The first-order valence-electron chi connectivity index (χ1n) is 5.95. The lowest BCUT2D eigenvalue weighted by molar-refractivity contribution is -0.144. The van der Waals surface area contributed by atoms with Crippen molar-refractivity contribution in [1.82, 2.24) is 4.90 Å². The summed E-state index contributed by atoms with van der Waals surface area (Å²) in [6.45, 7) is 4.14. The maximum absolute atomic E-state index is 11.8. The van der Waals surface area contributed by atoms with Gasteiger partial charge in [0.15, 0.2) is 9.84 Å². The molecule has 6 heteroatoms. The van der Waals surface area contributed by atoms with Gasteiger partial charge >= 0.3 is 5.97 Å². The van der Waals surface area contributed by atoms with E-state index in [1.54, 1.807) is 6.92 Å². The monoisotopic (exact) mass is 263 g/mol. The Morgan fingerprint density at radius 2 is 1.94 bits per heavy atom. The van der Waals surface area contributed by atoms with E-state index in [1.807, 2.05) is 0 Å². The molecule has 0 radical (unpaired) electrons. The maximum Gasteiger partial charge on any atom is 0.309 e. The Bertz CT molecular complexity index is 346. The van der Waals surface area contributed by atoms with E-state index in [-0.39, 0.29) is 11.5 Å². The molecule has 0 aromatic rings. The Hall–Kier alpha value is -0.620. The van der Waals surface area contributed by atoms with Crippen LogP contribution in [0.25, 0.3) is 0 Å². The van der Waals surface area contributed by atoms with Crippen LogP contribution in [-0.2, 0) is 19.4 Å². The van der Waals surface area contributed by atoms with Crippen molar-refractivity contribution < 1.29 is 17.9 Å². The van der Waals surface area contributed by atoms with E-state index in [0.29, 0.717) is 6.54 Å². The number of esters is 1. The van der Waals surface area contributed by atoms with Crippen LogP contribution in [0.2, 0.25) is 0 Å². The van der Waals surface area contributed by atoms with E-state index in [0.717, 1.165) is 25.9 Å². The summed E-state index contributed by atoms with van der Waals surface area (Å²) in [6, 6.07) is 0. The summed E-state index contributed by atoms with van der Waals surface area (Å²) in [5.41, 5.74) is 0. The van der Waals surface area contributed by atoms with Gasteiger partial charge in [-0.25, -0.2) is 8.42 Å². The second kappa shape index (κ2) is 6.35. The summed E-state index contributed by atoms with van der Waals surface area (Å²) >= 11 is 0. The number of carbonyl (C=O) groups is 1. The number of sulfone groups is 1. The topological polar surface area (TPSA) is 63.7 Å². The standard InChI is InChI=1S/C11H21NO4S/c1-10(11(13)16-2)9-17(14,15)8-7-12-5-3-4-6-12/h10H,3-9H2,1-2H3. The van der Waals surface area contributed by atoms with E-state index in [2.05, 4.69) is 9.64 Å². The number of nitrogens with zero attached hydrogens (tertiary/aromatic N) is 1. The van der Waals surface area contributed by atoms with Crippen molar-refractivity contribution in [2.24, 2.45) is 5.92 Å². The molecule has 0 amide bonds. The fourth-order valence-electron chi connectivity index (χ4n) is 2.01. The molecule has 0 N–H and O–H groups in total. The number of hydrogen-bond acceptors (Lipinski definition) is 5. The molecule has 5 nitrogen and oxygen atoms in total. The highest BCUT2D eigenvalue weighted by Crippen LogP contribution is 2.09. The Morgan fingerprint density at radius 3 is 2.47 bits per heavy atom. The van der Waals surface area contributed by atoms with Crippen LogP contribution in [0.3, 0.4) is 0 Å². The molecule has 0 spiro atoms. The van der Waals surface area contributed by atoms with E-state index in [4.69, 9.17) is 0 Å². The normalized spacial score (nSPS) is 19.2. The molecule has 1 aliphatic heterocycles. The van der Waals surface area contributed by atoms with Crippen LogP contribution < -0.4 is 0 Å². The number of likely N-dealkylation sites (tertiary alicyclic amines) is 1. The van der Waals surface area contributed by atoms with E-state index in [1.165, 1.54) is 7.11 Å². The van der Waals surface area contributed by atoms with Crippen LogP contribution in [0.1, 0.15) is 19.8 Å². The van der Waals surface area contributed by atoms with E-state index < -0.39 is 21.7 Å². The lowest BCUT2D eigenvalue weighted by Gasteiger charge is -2.15. The Morgan fingerprint density at radius 1 is 1.35 bits per heavy atom. The van der Waals surface area contributed by atoms with Crippen molar-refractivity contribution in [3.8, 4) is 0 Å². The largest absolute Gasteiger partial charge is 0.469 e. The summed E-state index contributed by atoms with van der Waals surface area (Å²) in [5, 5.41) is 0. The average Bonchev–Trinajstić information content (AvgIpc) is 2.77. The van der Waals surface area contributed by atoms with Crippen LogP contribution in [0.5, 0.6) is 0 Å². The molecule has 0 saturated carbocycles. The predicted octanol–water partition coefficient (Wildman–Crippen LogP) is 0.306. The number of rotatable bonds is 6. The maximum atomic E-state index is 11.8. The molecule has 17 heavy (non-hydrogen) atoms. The van der Waals surface area contributed by atoms with Crippen LogP contribution in [0, 0.1) is 5.92 Å². The zero-order chi connectivity index (χ0) is 12.9. The van der Waals surface area contributed by atoms with Crippen molar-refractivity contribution in [3.63, 3.8) is 0 Å². The molecule has 1 saturated heterocycles. The molecule has 1 unspecified atom stereocenters. The fourth-order valence-corrected chi connectivity index (χ4v) is 3.61. The molecule has 100 valence electrons. The third-order valence-electron chi connectivity index (χ3n) is 3.02. The minimum absolute atomic E-state index is 0.118. The Balaban J connectivity index is 2.37. The Labute approximate surface area is 103 Å². The first-order chi connectivity index (χ1) is 7.94. The molecule has 1 rings (SSSR count). The number of carbonyl (C=O) groups excluding carboxylic acids is 1. The zero-order valence-electron chi connectivity index (χ0n) is 10.5. The number of ether oxygens (including phenoxy) is 1. The number of hydrogen-bond donors (Lipinski definition) is 0. The molecule has 0 bridgehead atoms. The molecule has 0 aromatic heterocycles. The van der Waals surface area contributed by atoms with Gasteiger partial charge in [-0.05, 0) is 25.9 Å². The molecular weight excluding hydrogens is 242 g/mol. The molecule has 0 aliphatic carbocycles. The van der Waals surface area contributed by atoms with Gasteiger partial charge in [0.25, 0.3) is 0 Å². The van der Waals surface area contributed by atoms with Gasteiger partial charge in [-0.2, -0.15) is 0 Å². The van der Waals surface area contributed by atoms with Gasteiger partial charge in [-0.15, -0.1) is 0 Å². The summed E-state index contributed by atoms with van der Waals surface area (Å²) in [4.78, 5) is 13.3. The van der Waals surface area contributed by atoms with Crippen LogP contribution in [0.4, 0.5) is 0 Å². The highest BCUT2D eigenvalue weighted by Gasteiger charge is 2.23. The fraction of sp³-hybridized carbons (Fsp3) is 0.909. The van der Waals surface area contributed by atoms with Crippen LogP contribution >= 0.6 is 0 Å². The van der Waals surface area contributed by atoms with Gasteiger partial charge < -0.3 is 9.64 Å². The van der Waals surface area contributed by atoms with Crippen molar-refractivity contribution in [2.45, 2.75) is 19.8 Å². The van der Waals surface area contributed by atoms with Gasteiger partial charge in [0.2, 0.25) is 0 Å². The lowest BCUT2D eigenvalue weighted by Crippen LogP contribution is -2.30. The quantitative estimate of drug-likeness (QED) is 0.645. The molecule has 1 heterocycles. The second-order valence-corrected chi connectivity index (χ2v) is 6.82. The minimum atomic E-state index is -3.17. The summed E-state index contributed by atoms with van der Waals surface area (Å²) in [6.07, 6.45) is 2.30. The minimum Gasteiger partial charge on any atom is -0.469 e. The lowest BCUT2D eigenvalue weighted by atomic mass is 10.2. The Kier molecular flexibility index (Phi) is 5.39. The van der Waals surface area contributed by atoms with Crippen LogP contribution in [0.15, 0.2) is 0 Å². The van der Waals surface area contributed by atoms with Gasteiger partial charge in [0.1, 0.15) is 0 Å². The molecule has 1 fully saturated rings. The van der Waals surface area contributed by atoms with Crippen molar-refractivity contribution >= 4 is 15.8 Å². The van der Waals surface area contributed by atoms with E-state index in [9.17, 15) is 13.2 Å². The first-order valence-corrected chi connectivity index (χ1v) is 7.77. The third-order valence-corrected chi connectivity index (χ3v) is 4.84. The van der Waals surface area contributed by atoms with Gasteiger partial charge in [-0.3, -0.25) is 4.79 Å². The number of methoxy groups -OCH3 is 1. The van der Waals surface area contributed by atoms with Gasteiger partial charge in [0, 0.05) is 6.54 Å². The molecule has 0 aromatic carbocycles. The third kappa shape index (κ3) is 5.04. The SMILES string of the molecule is COC(=O)C(C)CS(=O)(=O)CCN1CCCC1. The predicted molar refractivity (Wildman–Crippen MR) is 65.5 cm³/mol. The van der Waals surface area contributed by atoms with E-state index >= 15 is 0 Å². The molecular formula is C11H21NO4S. The highest BCUT2D eigenvalue weighted by molar-refractivity contribution is 7.91. The smallest absolute Gasteiger partial charge is 0.309 e. The summed E-state index contributed by atoms with van der Waals surface area (Å²) in [7, 11) is -1.89. The zero-order valence-corrected chi connectivity index (χ0v) is 11.3. The van der Waals surface area contributed by atoms with Crippen molar-refractivity contribution in [1.29, 1.82) is 0 Å². The van der Waals surface area contributed by atoms with Gasteiger partial charge in [-0.1, -0.05) is 6.92 Å². The summed E-state index contributed by atoms with van der Waals surface area (Å²) < 4.78 is 28.1. The first kappa shape index (κ1) is 14.4. The van der Waals surface area contributed by atoms with Crippen molar-refractivity contribution in [2.75, 3.05) is 38.2 Å². The van der Waals surface area contributed by atoms with Crippen molar-refractivity contribution in [3.05, 3.63) is 0 Å². The average molecular weight is 263 g/mol. The van der Waals surface area contributed by atoms with Gasteiger partial charge in [0.05, 0.1) is 24.5 Å². The highest BCUT2D eigenvalue weighted by atomic mass is 32.2. The molecule has 1 atom stereocenters. The summed E-state index contributed by atoms with van der Waals surface area (Å²) in [5.74, 6) is -1.03. The van der Waals surface area contributed by atoms with Crippen LogP contribution in [-0.4, -0.2) is 57.5 Å². The second-order valence-electron chi connectivity index (χ2n) is 4.59. The molecule has 1 aliphatic rings.